The minimum Gasteiger partial charge on any atom is -0.310 e. The van der Waals surface area contributed by atoms with Crippen LogP contribution in [-0.4, -0.2) is 0 Å². The number of anilines is 2. The maximum absolute atomic E-state index is 4.10. The molecule has 0 unspecified atom stereocenters. The molecule has 0 saturated heterocycles. The average molecular weight is 351 g/mol. The van der Waals surface area contributed by atoms with Crippen molar-refractivity contribution in [3.8, 4) is 0 Å². The Bertz CT molecular complexity index is 1050. The number of para-hydroxylation sites is 1. The molecular weight excluding hydrogens is 326 g/mol. The van der Waals surface area contributed by atoms with Crippen LogP contribution < -0.4 is 4.90 Å². The molecular formula is C26H25N. The Hall–Kier alpha value is -3.32. The van der Waals surface area contributed by atoms with Gasteiger partial charge in [0.15, 0.2) is 0 Å². The molecule has 3 aromatic carbocycles. The molecule has 0 aliphatic rings. The number of rotatable bonds is 6. The van der Waals surface area contributed by atoms with Gasteiger partial charge in [-0.25, -0.2) is 0 Å². The number of nitrogens with zero attached hydrogens (tertiary/aromatic N) is 1. The fraction of sp³-hybridized carbons (Fsp3) is 0.0769. The maximum Gasteiger partial charge on any atom is 0.0546 e. The van der Waals surface area contributed by atoms with Crippen LogP contribution in [0.15, 0.2) is 92.2 Å². The molecule has 3 rings (SSSR count). The predicted molar refractivity (Wildman–Crippen MR) is 121 cm³/mol. The molecule has 0 atom stereocenters. The Balaban J connectivity index is 2.44. The zero-order valence-corrected chi connectivity index (χ0v) is 16.1. The predicted octanol–water partition coefficient (Wildman–Crippen LogP) is 7.66. The third-order valence-electron chi connectivity index (χ3n) is 4.88. The van der Waals surface area contributed by atoms with E-state index in [1.165, 1.54) is 16.3 Å². The molecule has 1 heteroatoms. The first-order valence-corrected chi connectivity index (χ1v) is 9.11. The number of hydrogen-bond acceptors (Lipinski definition) is 1. The highest BCUT2D eigenvalue weighted by molar-refractivity contribution is 6.00. The Morgan fingerprint density at radius 2 is 1.52 bits per heavy atom. The number of fused-ring (bicyclic) bond motifs is 1. The van der Waals surface area contributed by atoms with Crippen LogP contribution >= 0.6 is 0 Å². The van der Waals surface area contributed by atoms with Crippen LogP contribution in [0.3, 0.4) is 0 Å². The summed E-state index contributed by atoms with van der Waals surface area (Å²) < 4.78 is 0. The van der Waals surface area contributed by atoms with Crippen molar-refractivity contribution >= 4 is 34.3 Å². The van der Waals surface area contributed by atoms with E-state index < -0.39 is 0 Å². The van der Waals surface area contributed by atoms with Crippen LogP contribution in [0, 0.1) is 6.92 Å². The van der Waals surface area contributed by atoms with Crippen LogP contribution in [0.1, 0.15) is 23.6 Å². The van der Waals surface area contributed by atoms with Gasteiger partial charge in [0.25, 0.3) is 0 Å². The van der Waals surface area contributed by atoms with Gasteiger partial charge in [-0.1, -0.05) is 80.4 Å². The lowest BCUT2D eigenvalue weighted by molar-refractivity contribution is 1.18. The van der Waals surface area contributed by atoms with Crippen molar-refractivity contribution in [1.29, 1.82) is 0 Å². The lowest BCUT2D eigenvalue weighted by Gasteiger charge is -2.30. The van der Waals surface area contributed by atoms with Gasteiger partial charge < -0.3 is 4.90 Å². The van der Waals surface area contributed by atoms with Crippen LogP contribution in [0.4, 0.5) is 11.4 Å². The van der Waals surface area contributed by atoms with Gasteiger partial charge in [-0.2, -0.15) is 0 Å². The fourth-order valence-electron chi connectivity index (χ4n) is 3.56. The smallest absolute Gasteiger partial charge is 0.0546 e. The van der Waals surface area contributed by atoms with Crippen molar-refractivity contribution in [2.75, 3.05) is 4.90 Å². The Kier molecular flexibility index (Phi) is 5.42. The minimum atomic E-state index is 1.03. The molecule has 0 fully saturated rings. The molecule has 0 amide bonds. The molecule has 0 aliphatic carbocycles. The lowest BCUT2D eigenvalue weighted by Crippen LogP contribution is -2.17. The highest BCUT2D eigenvalue weighted by atomic mass is 15.1. The SMILES string of the molecule is C=C/C(=C\C)N(c1ccccc1C)c1cc2ccccc2c(C=C)c1C=C. The van der Waals surface area contributed by atoms with Crippen molar-refractivity contribution in [1.82, 2.24) is 0 Å². The molecule has 27 heavy (non-hydrogen) atoms. The van der Waals surface area contributed by atoms with E-state index in [0.717, 1.165) is 28.2 Å². The zero-order valence-electron chi connectivity index (χ0n) is 16.1. The van der Waals surface area contributed by atoms with Gasteiger partial charge >= 0.3 is 0 Å². The van der Waals surface area contributed by atoms with E-state index >= 15 is 0 Å². The Labute approximate surface area is 162 Å². The number of benzene rings is 3. The lowest BCUT2D eigenvalue weighted by atomic mass is 9.95. The van der Waals surface area contributed by atoms with Crippen molar-refractivity contribution in [3.05, 3.63) is 109 Å². The number of hydrogen-bond donors (Lipinski definition) is 0. The van der Waals surface area contributed by atoms with Gasteiger partial charge in [0.2, 0.25) is 0 Å². The summed E-state index contributed by atoms with van der Waals surface area (Å²) in [5.74, 6) is 0. The molecule has 0 bridgehead atoms. The first kappa shape index (κ1) is 18.5. The first-order chi connectivity index (χ1) is 13.2. The van der Waals surface area contributed by atoms with Crippen molar-refractivity contribution < 1.29 is 0 Å². The zero-order chi connectivity index (χ0) is 19.4. The summed E-state index contributed by atoms with van der Waals surface area (Å²) in [6.45, 7) is 16.4. The highest BCUT2D eigenvalue weighted by Crippen LogP contribution is 2.40. The van der Waals surface area contributed by atoms with E-state index in [0.29, 0.717) is 0 Å². The van der Waals surface area contributed by atoms with Crippen LogP contribution in [0.25, 0.3) is 22.9 Å². The molecule has 0 spiro atoms. The van der Waals surface area contributed by atoms with E-state index in [-0.39, 0.29) is 0 Å². The average Bonchev–Trinajstić information content (AvgIpc) is 2.71. The Morgan fingerprint density at radius 1 is 0.852 bits per heavy atom. The van der Waals surface area contributed by atoms with E-state index in [1.807, 2.05) is 25.2 Å². The van der Waals surface area contributed by atoms with Gasteiger partial charge in [-0.3, -0.25) is 0 Å². The second kappa shape index (κ2) is 7.92. The first-order valence-electron chi connectivity index (χ1n) is 9.11. The third kappa shape index (κ3) is 3.24. The summed E-state index contributed by atoms with van der Waals surface area (Å²) in [6.07, 6.45) is 7.81. The molecule has 0 saturated carbocycles. The molecule has 0 heterocycles. The van der Waals surface area contributed by atoms with Crippen molar-refractivity contribution in [3.63, 3.8) is 0 Å². The largest absolute Gasteiger partial charge is 0.310 e. The van der Waals surface area contributed by atoms with Gasteiger partial charge in [0.05, 0.1) is 5.69 Å². The molecule has 3 aromatic rings. The summed E-state index contributed by atoms with van der Waals surface area (Å²) in [5, 5.41) is 2.35. The van der Waals surface area contributed by atoms with E-state index in [2.05, 4.69) is 92.2 Å². The van der Waals surface area contributed by atoms with E-state index in [1.54, 1.807) is 0 Å². The summed E-state index contributed by atoms with van der Waals surface area (Å²) in [5.41, 5.74) is 6.57. The second-order valence-corrected chi connectivity index (χ2v) is 6.39. The van der Waals surface area contributed by atoms with Crippen molar-refractivity contribution in [2.24, 2.45) is 0 Å². The third-order valence-corrected chi connectivity index (χ3v) is 4.88. The normalized spacial score (nSPS) is 11.3. The van der Waals surface area contributed by atoms with Crippen LogP contribution in [0.2, 0.25) is 0 Å². The van der Waals surface area contributed by atoms with Crippen LogP contribution in [-0.2, 0) is 0 Å². The summed E-state index contributed by atoms with van der Waals surface area (Å²) in [6, 6.07) is 19.0. The number of aryl methyl sites for hydroxylation is 1. The van der Waals surface area contributed by atoms with Gasteiger partial charge in [-0.15, -0.1) is 0 Å². The van der Waals surface area contributed by atoms with Crippen LogP contribution in [0.5, 0.6) is 0 Å². The molecule has 134 valence electrons. The molecule has 0 radical (unpaired) electrons. The summed E-state index contributed by atoms with van der Waals surface area (Å²) in [7, 11) is 0. The molecule has 1 nitrogen and oxygen atoms in total. The topological polar surface area (TPSA) is 3.24 Å². The number of allylic oxidation sites excluding steroid dienone is 2. The molecule has 0 aliphatic heterocycles. The quantitative estimate of drug-likeness (QED) is 0.412. The van der Waals surface area contributed by atoms with E-state index in [4.69, 9.17) is 0 Å². The van der Waals surface area contributed by atoms with Gasteiger partial charge in [0, 0.05) is 16.9 Å². The Morgan fingerprint density at radius 3 is 2.15 bits per heavy atom. The highest BCUT2D eigenvalue weighted by Gasteiger charge is 2.19. The van der Waals surface area contributed by atoms with Crippen molar-refractivity contribution in [2.45, 2.75) is 13.8 Å². The second-order valence-electron chi connectivity index (χ2n) is 6.39. The monoisotopic (exact) mass is 351 g/mol. The standard InChI is InChI=1S/C26H25N/c1-6-21(7-2)27(25-17-13-10-14-19(25)5)26-18-20-15-11-12-16-24(20)22(8-3)23(26)9-4/h6-18H,1,3-4H2,2,5H3/b21-7+. The maximum atomic E-state index is 4.10. The molecule has 0 N–H and O–H groups in total. The molecule has 0 aromatic heterocycles. The summed E-state index contributed by atoms with van der Waals surface area (Å²) >= 11 is 0. The van der Waals surface area contributed by atoms with Gasteiger partial charge in [-0.05, 0) is 54.0 Å². The minimum absolute atomic E-state index is 1.03. The fourth-order valence-corrected chi connectivity index (χ4v) is 3.56. The van der Waals surface area contributed by atoms with Gasteiger partial charge in [0.1, 0.15) is 0 Å². The summed E-state index contributed by atoms with van der Waals surface area (Å²) in [4.78, 5) is 2.25. The van der Waals surface area contributed by atoms with E-state index in [9.17, 15) is 0 Å².